The summed E-state index contributed by atoms with van der Waals surface area (Å²) in [5, 5.41) is 8.53. The molecule has 3 amide bonds. The minimum Gasteiger partial charge on any atom is -0.358 e. The average Bonchev–Trinajstić information content (AvgIpc) is 3.45. The Balaban J connectivity index is 1.47. The SMILES string of the molecule is CNC(=O)CN1C[C@H](NC(=O)c2ccc(-n3ccccc3=O)cc2)[C@H](NC(=O)c2ccc(Cl)s2)C1. The van der Waals surface area contributed by atoms with Crippen molar-refractivity contribution in [3.05, 3.63) is 85.9 Å². The van der Waals surface area contributed by atoms with Gasteiger partial charge in [-0.05, 0) is 42.5 Å². The molecule has 3 N–H and O–H groups in total. The van der Waals surface area contributed by atoms with E-state index in [1.165, 1.54) is 22.0 Å². The van der Waals surface area contributed by atoms with Gasteiger partial charge < -0.3 is 16.0 Å². The van der Waals surface area contributed by atoms with Crippen molar-refractivity contribution in [2.75, 3.05) is 26.7 Å². The van der Waals surface area contributed by atoms with Crippen molar-refractivity contribution in [3.63, 3.8) is 0 Å². The fourth-order valence-corrected chi connectivity index (χ4v) is 4.88. The highest BCUT2D eigenvalue weighted by Crippen LogP contribution is 2.22. The van der Waals surface area contributed by atoms with Crippen molar-refractivity contribution in [3.8, 4) is 5.69 Å². The Kier molecular flexibility index (Phi) is 7.64. The highest BCUT2D eigenvalue weighted by Gasteiger charge is 2.36. The van der Waals surface area contributed by atoms with Crippen molar-refractivity contribution in [2.45, 2.75) is 12.1 Å². The third-order valence-corrected chi connectivity index (χ3v) is 6.93. The summed E-state index contributed by atoms with van der Waals surface area (Å²) in [6.45, 7) is 0.951. The molecule has 1 fully saturated rings. The molecule has 0 radical (unpaired) electrons. The Morgan fingerprint density at radius 3 is 2.26 bits per heavy atom. The van der Waals surface area contributed by atoms with Crippen LogP contribution in [0.2, 0.25) is 4.34 Å². The zero-order valence-electron chi connectivity index (χ0n) is 18.9. The highest BCUT2D eigenvalue weighted by molar-refractivity contribution is 7.18. The van der Waals surface area contributed by atoms with Crippen LogP contribution in [0.4, 0.5) is 0 Å². The number of nitrogens with zero attached hydrogens (tertiary/aromatic N) is 2. The number of amides is 3. The summed E-state index contributed by atoms with van der Waals surface area (Å²) in [5.74, 6) is -0.758. The smallest absolute Gasteiger partial charge is 0.261 e. The van der Waals surface area contributed by atoms with E-state index in [0.717, 1.165) is 0 Å². The lowest BCUT2D eigenvalue weighted by Crippen LogP contribution is -2.50. The van der Waals surface area contributed by atoms with Gasteiger partial charge in [0.25, 0.3) is 17.4 Å². The first kappa shape index (κ1) is 24.6. The number of rotatable bonds is 7. The summed E-state index contributed by atoms with van der Waals surface area (Å²) in [4.78, 5) is 52.0. The monoisotopic (exact) mass is 513 g/mol. The van der Waals surface area contributed by atoms with Crippen LogP contribution < -0.4 is 21.5 Å². The van der Waals surface area contributed by atoms with Crippen LogP contribution >= 0.6 is 22.9 Å². The lowest BCUT2D eigenvalue weighted by Gasteiger charge is -2.21. The number of carbonyl (C=O) groups excluding carboxylic acids is 3. The van der Waals surface area contributed by atoms with E-state index in [4.69, 9.17) is 11.6 Å². The Labute approximate surface area is 210 Å². The van der Waals surface area contributed by atoms with Gasteiger partial charge in [-0.15, -0.1) is 11.3 Å². The molecule has 1 aliphatic heterocycles. The summed E-state index contributed by atoms with van der Waals surface area (Å²) < 4.78 is 1.99. The minimum atomic E-state index is -0.414. The number of benzene rings is 1. The van der Waals surface area contributed by atoms with E-state index in [1.807, 2.05) is 4.90 Å². The molecular formula is C24H24ClN5O4S. The second-order valence-corrected chi connectivity index (χ2v) is 9.80. The molecule has 35 heavy (non-hydrogen) atoms. The molecule has 3 aromatic rings. The Hall–Kier alpha value is -3.47. The van der Waals surface area contributed by atoms with E-state index < -0.39 is 12.1 Å². The van der Waals surface area contributed by atoms with Crippen LogP contribution in [-0.2, 0) is 4.79 Å². The number of aromatic nitrogens is 1. The summed E-state index contributed by atoms with van der Waals surface area (Å²) in [6.07, 6.45) is 1.66. The topological polar surface area (TPSA) is 113 Å². The zero-order chi connectivity index (χ0) is 24.9. The first-order valence-electron chi connectivity index (χ1n) is 10.9. The van der Waals surface area contributed by atoms with E-state index in [-0.39, 0.29) is 29.8 Å². The van der Waals surface area contributed by atoms with Crippen molar-refractivity contribution in [1.82, 2.24) is 25.4 Å². The number of thiophene rings is 1. The molecule has 3 heterocycles. The number of halogens is 1. The van der Waals surface area contributed by atoms with Gasteiger partial charge in [-0.1, -0.05) is 17.7 Å². The number of hydrogen-bond donors (Lipinski definition) is 3. The van der Waals surface area contributed by atoms with E-state index in [1.54, 1.807) is 61.8 Å². The molecule has 182 valence electrons. The third-order valence-electron chi connectivity index (χ3n) is 5.70. The molecule has 0 aliphatic carbocycles. The summed E-state index contributed by atoms with van der Waals surface area (Å²) in [7, 11) is 1.56. The van der Waals surface area contributed by atoms with Gasteiger partial charge in [0.2, 0.25) is 5.91 Å². The molecular weight excluding hydrogens is 490 g/mol. The quantitative estimate of drug-likeness (QED) is 0.443. The fourth-order valence-electron chi connectivity index (χ4n) is 3.93. The molecule has 0 saturated carbocycles. The van der Waals surface area contributed by atoms with E-state index in [9.17, 15) is 19.2 Å². The molecule has 1 saturated heterocycles. The number of likely N-dealkylation sites (tertiary alicyclic amines) is 1. The number of carbonyl (C=O) groups is 3. The lowest BCUT2D eigenvalue weighted by atomic mass is 10.1. The van der Waals surface area contributed by atoms with Crippen molar-refractivity contribution >= 4 is 40.7 Å². The molecule has 0 spiro atoms. The fraction of sp³-hybridized carbons (Fsp3) is 0.250. The maximum absolute atomic E-state index is 13.0. The van der Waals surface area contributed by atoms with Gasteiger partial charge in [-0.3, -0.25) is 28.6 Å². The average molecular weight is 514 g/mol. The minimum absolute atomic E-state index is 0.153. The molecule has 0 bridgehead atoms. The van der Waals surface area contributed by atoms with Gasteiger partial charge >= 0.3 is 0 Å². The van der Waals surface area contributed by atoms with Crippen LogP contribution in [0.1, 0.15) is 20.0 Å². The number of hydrogen-bond acceptors (Lipinski definition) is 6. The van der Waals surface area contributed by atoms with Crippen molar-refractivity contribution in [2.24, 2.45) is 0 Å². The molecule has 1 aromatic carbocycles. The second kappa shape index (κ2) is 10.9. The molecule has 2 aromatic heterocycles. The van der Waals surface area contributed by atoms with Gasteiger partial charge in [0.05, 0.1) is 27.8 Å². The Morgan fingerprint density at radius 1 is 0.971 bits per heavy atom. The van der Waals surface area contributed by atoms with E-state index >= 15 is 0 Å². The van der Waals surface area contributed by atoms with E-state index in [2.05, 4.69) is 16.0 Å². The number of likely N-dealkylation sites (N-methyl/N-ethyl adjacent to an activating group) is 1. The van der Waals surface area contributed by atoms with E-state index in [0.29, 0.717) is 33.6 Å². The van der Waals surface area contributed by atoms with Crippen LogP contribution in [0.3, 0.4) is 0 Å². The van der Waals surface area contributed by atoms with Gasteiger partial charge in [0.1, 0.15) is 0 Å². The maximum atomic E-state index is 13.0. The predicted octanol–water partition coefficient (Wildman–Crippen LogP) is 1.51. The predicted molar refractivity (Wildman–Crippen MR) is 134 cm³/mol. The normalized spacial score (nSPS) is 17.7. The van der Waals surface area contributed by atoms with Crippen LogP contribution in [0.15, 0.2) is 65.6 Å². The van der Waals surface area contributed by atoms with Crippen LogP contribution in [0, 0.1) is 0 Å². The third kappa shape index (κ3) is 5.97. The Bertz CT molecular complexity index is 1290. The largest absolute Gasteiger partial charge is 0.358 e. The highest BCUT2D eigenvalue weighted by atomic mass is 35.5. The van der Waals surface area contributed by atoms with Gasteiger partial charge in [-0.2, -0.15) is 0 Å². The summed E-state index contributed by atoms with van der Waals surface area (Å²) in [6, 6.07) is 14.0. The molecule has 11 heteroatoms. The first-order chi connectivity index (χ1) is 16.8. The standard InChI is InChI=1S/C24H24ClN5O4S/c1-26-21(31)14-29-12-17(18(13-29)28-24(34)19-9-10-20(25)35-19)27-23(33)15-5-7-16(8-6-15)30-11-3-2-4-22(30)32/h2-11,17-18H,12-14H2,1H3,(H,26,31)(H,27,33)(H,28,34)/t17-,18+/m0/s1. The number of nitrogens with one attached hydrogen (secondary N) is 3. The van der Waals surface area contributed by atoms with Crippen molar-refractivity contribution < 1.29 is 14.4 Å². The molecule has 4 rings (SSSR count). The number of pyridine rings is 1. The Morgan fingerprint density at radius 2 is 1.66 bits per heavy atom. The summed E-state index contributed by atoms with van der Waals surface area (Å²) >= 11 is 7.12. The molecule has 9 nitrogen and oxygen atoms in total. The molecule has 0 unspecified atom stereocenters. The zero-order valence-corrected chi connectivity index (χ0v) is 20.4. The van der Waals surface area contributed by atoms with Crippen LogP contribution in [-0.4, -0.2) is 66.0 Å². The maximum Gasteiger partial charge on any atom is 0.261 e. The van der Waals surface area contributed by atoms with Crippen molar-refractivity contribution in [1.29, 1.82) is 0 Å². The molecule has 2 atom stereocenters. The van der Waals surface area contributed by atoms with Crippen LogP contribution in [0.5, 0.6) is 0 Å². The summed E-state index contributed by atoms with van der Waals surface area (Å²) in [5.41, 5.74) is 0.889. The second-order valence-electron chi connectivity index (χ2n) is 8.09. The van der Waals surface area contributed by atoms with Gasteiger partial charge in [0.15, 0.2) is 0 Å². The lowest BCUT2D eigenvalue weighted by molar-refractivity contribution is -0.121. The molecule has 1 aliphatic rings. The van der Waals surface area contributed by atoms with Gasteiger partial charge in [-0.25, -0.2) is 0 Å². The van der Waals surface area contributed by atoms with Gasteiger partial charge in [0, 0.05) is 43.7 Å². The van der Waals surface area contributed by atoms with Crippen LogP contribution in [0.25, 0.3) is 5.69 Å². The first-order valence-corrected chi connectivity index (χ1v) is 12.1.